The van der Waals surface area contributed by atoms with E-state index in [4.69, 9.17) is 15.2 Å². The molecule has 130 valence electrons. The van der Waals surface area contributed by atoms with Crippen LogP contribution in [0.3, 0.4) is 0 Å². The van der Waals surface area contributed by atoms with E-state index in [0.29, 0.717) is 30.6 Å². The van der Waals surface area contributed by atoms with Crippen LogP contribution in [0.1, 0.15) is 33.6 Å². The molecule has 1 saturated carbocycles. The maximum absolute atomic E-state index is 12.7. The molecule has 1 aromatic rings. The van der Waals surface area contributed by atoms with Gasteiger partial charge in [-0.15, -0.1) is 0 Å². The van der Waals surface area contributed by atoms with Crippen molar-refractivity contribution < 1.29 is 17.9 Å². The van der Waals surface area contributed by atoms with Crippen LogP contribution in [0, 0.1) is 5.92 Å². The van der Waals surface area contributed by atoms with Crippen LogP contribution in [0.5, 0.6) is 11.5 Å². The van der Waals surface area contributed by atoms with Gasteiger partial charge in [0.25, 0.3) is 0 Å². The molecule has 0 aromatic heterocycles. The molecule has 0 amide bonds. The van der Waals surface area contributed by atoms with Crippen molar-refractivity contribution in [2.45, 2.75) is 44.0 Å². The van der Waals surface area contributed by atoms with Crippen molar-refractivity contribution in [3.05, 3.63) is 18.2 Å². The van der Waals surface area contributed by atoms with Gasteiger partial charge in [-0.2, -0.15) is 0 Å². The zero-order valence-electron chi connectivity index (χ0n) is 14.0. The predicted octanol–water partition coefficient (Wildman–Crippen LogP) is 1.89. The predicted molar refractivity (Wildman–Crippen MR) is 89.3 cm³/mol. The van der Waals surface area contributed by atoms with E-state index in [1.807, 2.05) is 20.8 Å². The van der Waals surface area contributed by atoms with Gasteiger partial charge in [0, 0.05) is 18.2 Å². The van der Waals surface area contributed by atoms with Gasteiger partial charge < -0.3 is 15.2 Å². The fourth-order valence-corrected chi connectivity index (χ4v) is 4.07. The first-order valence-electron chi connectivity index (χ1n) is 8.00. The number of rotatable bonds is 9. The topological polar surface area (TPSA) is 90.7 Å². The molecule has 6 nitrogen and oxygen atoms in total. The van der Waals surface area contributed by atoms with Gasteiger partial charge in [-0.3, -0.25) is 0 Å². The van der Waals surface area contributed by atoms with Gasteiger partial charge in [0.1, 0.15) is 0 Å². The Morgan fingerprint density at radius 1 is 1.22 bits per heavy atom. The van der Waals surface area contributed by atoms with E-state index in [9.17, 15) is 8.42 Å². The summed E-state index contributed by atoms with van der Waals surface area (Å²) in [6.07, 6.45) is 2.01. The Balaban J connectivity index is 2.30. The third kappa shape index (κ3) is 4.16. The Kier molecular flexibility index (Phi) is 5.54. The van der Waals surface area contributed by atoms with Crippen LogP contribution in [0.2, 0.25) is 0 Å². The van der Waals surface area contributed by atoms with Gasteiger partial charge in [0.05, 0.1) is 18.1 Å². The van der Waals surface area contributed by atoms with Crippen LogP contribution in [0.15, 0.2) is 23.1 Å². The molecular formula is C16H26N2O4S. The average Bonchev–Trinajstić information content (AvgIpc) is 3.34. The summed E-state index contributed by atoms with van der Waals surface area (Å²) in [4.78, 5) is 0.157. The molecule has 0 heterocycles. The smallest absolute Gasteiger partial charge is 0.241 e. The Morgan fingerprint density at radius 2 is 1.83 bits per heavy atom. The lowest BCUT2D eigenvalue weighted by Crippen LogP contribution is -2.52. The molecule has 0 aliphatic heterocycles. The van der Waals surface area contributed by atoms with Crippen LogP contribution in [0.4, 0.5) is 0 Å². The van der Waals surface area contributed by atoms with Crippen molar-refractivity contribution in [2.24, 2.45) is 11.7 Å². The molecule has 0 saturated heterocycles. The van der Waals surface area contributed by atoms with Gasteiger partial charge in [0.2, 0.25) is 10.0 Å². The third-order valence-corrected chi connectivity index (χ3v) is 5.70. The lowest BCUT2D eigenvalue weighted by molar-refractivity contribution is 0.287. The summed E-state index contributed by atoms with van der Waals surface area (Å²) in [5, 5.41) is 0. The standard InChI is InChI=1S/C16H26N2O4S/c1-4-21-14-9-8-13(10-15(14)22-5-2)23(19,20)18-16(3,11-17)12-6-7-12/h8-10,12,18H,4-7,11,17H2,1-3H3. The Hall–Kier alpha value is -1.31. The van der Waals surface area contributed by atoms with E-state index in [0.717, 1.165) is 12.8 Å². The minimum absolute atomic E-state index is 0.157. The lowest BCUT2D eigenvalue weighted by Gasteiger charge is -2.29. The van der Waals surface area contributed by atoms with Gasteiger partial charge in [0.15, 0.2) is 11.5 Å². The van der Waals surface area contributed by atoms with Gasteiger partial charge >= 0.3 is 0 Å². The summed E-state index contributed by atoms with van der Waals surface area (Å²) >= 11 is 0. The average molecular weight is 342 g/mol. The van der Waals surface area contributed by atoms with Crippen molar-refractivity contribution >= 4 is 10.0 Å². The van der Waals surface area contributed by atoms with E-state index >= 15 is 0 Å². The summed E-state index contributed by atoms with van der Waals surface area (Å²) < 4.78 is 39.1. The monoisotopic (exact) mass is 342 g/mol. The van der Waals surface area contributed by atoms with Crippen LogP contribution in [-0.4, -0.2) is 33.7 Å². The second kappa shape index (κ2) is 7.07. The molecule has 1 atom stereocenters. The number of nitrogens with two attached hydrogens (primary N) is 1. The third-order valence-electron chi connectivity index (χ3n) is 4.10. The van der Waals surface area contributed by atoms with Crippen molar-refractivity contribution in [2.75, 3.05) is 19.8 Å². The largest absolute Gasteiger partial charge is 0.490 e. The Bertz CT molecular complexity index is 643. The van der Waals surface area contributed by atoms with Crippen LogP contribution in [0.25, 0.3) is 0 Å². The number of hydrogen-bond donors (Lipinski definition) is 2. The highest BCUT2D eigenvalue weighted by Gasteiger charge is 2.43. The summed E-state index contributed by atoms with van der Waals surface area (Å²) in [6.45, 7) is 6.75. The molecule has 1 aliphatic carbocycles. The summed E-state index contributed by atoms with van der Waals surface area (Å²) in [5.41, 5.74) is 5.19. The molecule has 23 heavy (non-hydrogen) atoms. The quantitative estimate of drug-likeness (QED) is 0.715. The number of nitrogens with one attached hydrogen (secondary N) is 1. The van der Waals surface area contributed by atoms with E-state index in [1.54, 1.807) is 6.07 Å². The van der Waals surface area contributed by atoms with Gasteiger partial charge in [-0.1, -0.05) is 0 Å². The zero-order valence-corrected chi connectivity index (χ0v) is 14.8. The normalized spacial score (nSPS) is 17.6. The number of benzene rings is 1. The molecule has 0 bridgehead atoms. The highest BCUT2D eigenvalue weighted by molar-refractivity contribution is 7.89. The molecule has 1 aliphatic rings. The summed E-state index contributed by atoms with van der Waals surface area (Å²) in [6, 6.07) is 4.65. The second-order valence-electron chi connectivity index (χ2n) is 5.98. The van der Waals surface area contributed by atoms with Crippen molar-refractivity contribution in [1.82, 2.24) is 4.72 Å². The summed E-state index contributed by atoms with van der Waals surface area (Å²) in [5.74, 6) is 1.27. The van der Waals surface area contributed by atoms with Crippen LogP contribution < -0.4 is 19.9 Å². The lowest BCUT2D eigenvalue weighted by atomic mass is 9.98. The first-order chi connectivity index (χ1) is 10.9. The zero-order chi connectivity index (χ0) is 17.1. The van der Waals surface area contributed by atoms with Crippen molar-refractivity contribution in [3.63, 3.8) is 0 Å². The van der Waals surface area contributed by atoms with Crippen LogP contribution >= 0.6 is 0 Å². The molecule has 1 fully saturated rings. The molecule has 0 radical (unpaired) electrons. The maximum atomic E-state index is 12.7. The second-order valence-corrected chi connectivity index (χ2v) is 7.66. The van der Waals surface area contributed by atoms with Crippen molar-refractivity contribution in [3.8, 4) is 11.5 Å². The minimum Gasteiger partial charge on any atom is -0.490 e. The fourth-order valence-electron chi connectivity index (χ4n) is 2.58. The van der Waals surface area contributed by atoms with E-state index in [2.05, 4.69) is 4.72 Å². The Labute approximate surface area is 138 Å². The van der Waals surface area contributed by atoms with Gasteiger partial charge in [-0.05, 0) is 51.7 Å². The molecule has 3 N–H and O–H groups in total. The van der Waals surface area contributed by atoms with Gasteiger partial charge in [-0.25, -0.2) is 13.1 Å². The first kappa shape index (κ1) is 18.0. The number of ether oxygens (including phenoxy) is 2. The highest BCUT2D eigenvalue weighted by atomic mass is 32.2. The fraction of sp³-hybridized carbons (Fsp3) is 0.625. The van der Waals surface area contributed by atoms with E-state index < -0.39 is 15.6 Å². The summed E-state index contributed by atoms with van der Waals surface area (Å²) in [7, 11) is -3.67. The molecule has 2 rings (SSSR count). The number of sulfonamides is 1. The molecule has 1 aromatic carbocycles. The molecular weight excluding hydrogens is 316 g/mol. The number of hydrogen-bond acceptors (Lipinski definition) is 5. The SMILES string of the molecule is CCOc1ccc(S(=O)(=O)NC(C)(CN)C2CC2)cc1OCC. The van der Waals surface area contributed by atoms with E-state index in [1.165, 1.54) is 12.1 Å². The van der Waals surface area contributed by atoms with Crippen LogP contribution in [-0.2, 0) is 10.0 Å². The van der Waals surface area contributed by atoms with E-state index in [-0.39, 0.29) is 11.4 Å². The van der Waals surface area contributed by atoms with Crippen molar-refractivity contribution in [1.29, 1.82) is 0 Å². The highest BCUT2D eigenvalue weighted by Crippen LogP contribution is 2.40. The molecule has 7 heteroatoms. The first-order valence-corrected chi connectivity index (χ1v) is 9.48. The molecule has 1 unspecified atom stereocenters. The Morgan fingerprint density at radius 3 is 2.35 bits per heavy atom. The maximum Gasteiger partial charge on any atom is 0.241 e. The minimum atomic E-state index is -3.67. The molecule has 0 spiro atoms.